The molecule has 0 radical (unpaired) electrons. The molecule has 0 aliphatic carbocycles. The van der Waals surface area contributed by atoms with Crippen molar-refractivity contribution >= 4 is 46.7 Å². The van der Waals surface area contributed by atoms with Crippen LogP contribution in [0, 0.1) is 0 Å². The van der Waals surface area contributed by atoms with E-state index in [1.54, 1.807) is 41.3 Å². The van der Waals surface area contributed by atoms with Crippen LogP contribution >= 0.6 is 11.8 Å². The lowest BCUT2D eigenvalue weighted by molar-refractivity contribution is -0.116. The van der Waals surface area contributed by atoms with Gasteiger partial charge in [-0.2, -0.15) is 0 Å². The van der Waals surface area contributed by atoms with Crippen molar-refractivity contribution in [2.45, 2.75) is 31.3 Å². The number of ketones is 1. The van der Waals surface area contributed by atoms with Gasteiger partial charge >= 0.3 is 5.97 Å². The minimum Gasteiger partial charge on any atom is -0.451 e. The van der Waals surface area contributed by atoms with E-state index in [1.807, 2.05) is 0 Å². The molecular weight excluding hydrogens is 404 g/mol. The molecule has 1 atom stereocenters. The first-order valence-corrected chi connectivity index (χ1v) is 10.5. The Hall–Kier alpha value is -3.13. The Morgan fingerprint density at radius 1 is 1.13 bits per heavy atom. The highest BCUT2D eigenvalue weighted by Gasteiger charge is 2.26. The normalized spacial score (nSPS) is 15.7. The van der Waals surface area contributed by atoms with Crippen molar-refractivity contribution in [1.82, 2.24) is 0 Å². The summed E-state index contributed by atoms with van der Waals surface area (Å²) in [5.41, 5.74) is 3.02. The Bertz CT molecular complexity index is 1080. The van der Waals surface area contributed by atoms with Gasteiger partial charge in [-0.15, -0.1) is 11.8 Å². The van der Waals surface area contributed by atoms with Gasteiger partial charge in [0.1, 0.15) is 0 Å². The molecular formula is C22H20N2O5S. The van der Waals surface area contributed by atoms with Crippen molar-refractivity contribution in [3.63, 3.8) is 0 Å². The second-order valence-corrected chi connectivity index (χ2v) is 8.24. The number of Topliss-reactive ketones (excluding diaryl/α,β-unsaturated/α-hetero) is 1. The van der Waals surface area contributed by atoms with Gasteiger partial charge in [-0.3, -0.25) is 14.4 Å². The Morgan fingerprint density at radius 3 is 2.67 bits per heavy atom. The van der Waals surface area contributed by atoms with E-state index in [0.717, 1.165) is 16.1 Å². The summed E-state index contributed by atoms with van der Waals surface area (Å²) >= 11 is 1.40. The van der Waals surface area contributed by atoms with E-state index in [0.29, 0.717) is 30.0 Å². The van der Waals surface area contributed by atoms with Crippen molar-refractivity contribution in [3.05, 3.63) is 53.1 Å². The predicted octanol–water partition coefficient (Wildman–Crippen LogP) is 3.07. The summed E-state index contributed by atoms with van der Waals surface area (Å²) < 4.78 is 5.38. The number of ether oxygens (including phenoxy) is 1. The van der Waals surface area contributed by atoms with Crippen LogP contribution in [-0.2, 0) is 20.7 Å². The van der Waals surface area contributed by atoms with E-state index in [4.69, 9.17) is 4.74 Å². The number of anilines is 2. The third-order valence-corrected chi connectivity index (χ3v) is 6.21. The molecule has 7 nitrogen and oxygen atoms in total. The SMILES string of the molecule is CC(=O)N1CCc2cc(C(=O)[C@H](C)OC(=O)c3ccc4c(c3)NC(=O)CS4)ccc21. The zero-order valence-corrected chi connectivity index (χ0v) is 17.4. The summed E-state index contributed by atoms with van der Waals surface area (Å²) in [6.45, 7) is 3.64. The van der Waals surface area contributed by atoms with Crippen LogP contribution in [-0.4, -0.2) is 42.0 Å². The summed E-state index contributed by atoms with van der Waals surface area (Å²) in [6.07, 6.45) is -0.288. The molecule has 0 aromatic heterocycles. The number of amides is 2. The van der Waals surface area contributed by atoms with Gasteiger partial charge in [0.2, 0.25) is 17.6 Å². The third-order valence-electron chi connectivity index (χ3n) is 5.14. The molecule has 0 saturated carbocycles. The second kappa shape index (κ2) is 7.95. The average molecular weight is 424 g/mol. The smallest absolute Gasteiger partial charge is 0.338 e. The molecule has 2 aromatic rings. The fraction of sp³-hybridized carbons (Fsp3) is 0.273. The maximum Gasteiger partial charge on any atom is 0.338 e. The van der Waals surface area contributed by atoms with E-state index < -0.39 is 12.1 Å². The van der Waals surface area contributed by atoms with Gasteiger partial charge in [0.15, 0.2) is 6.10 Å². The van der Waals surface area contributed by atoms with E-state index in [-0.39, 0.29) is 23.2 Å². The van der Waals surface area contributed by atoms with E-state index in [2.05, 4.69) is 5.32 Å². The number of nitrogens with zero attached hydrogens (tertiary/aromatic N) is 1. The summed E-state index contributed by atoms with van der Waals surface area (Å²) in [5, 5.41) is 2.73. The molecule has 0 bridgehead atoms. The summed E-state index contributed by atoms with van der Waals surface area (Å²) in [4.78, 5) is 51.1. The number of benzene rings is 2. The summed E-state index contributed by atoms with van der Waals surface area (Å²) in [5.74, 6) is -0.759. The lowest BCUT2D eigenvalue weighted by Crippen LogP contribution is -2.26. The number of rotatable bonds is 4. The molecule has 2 aliphatic heterocycles. The average Bonchev–Trinajstić information content (AvgIpc) is 3.16. The first-order valence-electron chi connectivity index (χ1n) is 9.56. The Morgan fingerprint density at radius 2 is 1.90 bits per heavy atom. The first kappa shape index (κ1) is 20.2. The second-order valence-electron chi connectivity index (χ2n) is 7.22. The van der Waals surface area contributed by atoms with Gasteiger partial charge in [0.25, 0.3) is 0 Å². The minimum absolute atomic E-state index is 0.0326. The largest absolute Gasteiger partial charge is 0.451 e. The molecule has 2 aromatic carbocycles. The number of hydrogen-bond donors (Lipinski definition) is 1. The van der Waals surface area contributed by atoms with Gasteiger partial charge < -0.3 is 15.0 Å². The fourth-order valence-corrected chi connectivity index (χ4v) is 4.40. The topological polar surface area (TPSA) is 92.8 Å². The molecule has 8 heteroatoms. The van der Waals surface area contributed by atoms with Crippen LogP contribution in [0.4, 0.5) is 11.4 Å². The molecule has 2 aliphatic rings. The molecule has 2 heterocycles. The molecule has 4 rings (SSSR count). The molecule has 0 unspecified atom stereocenters. The molecule has 0 fully saturated rings. The maximum absolute atomic E-state index is 12.8. The van der Waals surface area contributed by atoms with Crippen LogP contribution < -0.4 is 10.2 Å². The number of esters is 1. The van der Waals surface area contributed by atoms with Crippen molar-refractivity contribution in [3.8, 4) is 0 Å². The zero-order valence-electron chi connectivity index (χ0n) is 16.6. The standard InChI is InChI=1S/C22H20N2O5S/c1-12(21(27)15-3-5-18-14(9-15)7-8-24(18)13(2)25)29-22(28)16-4-6-19-17(10-16)23-20(26)11-30-19/h3-6,9-10,12H,7-8,11H2,1-2H3,(H,23,26)/t12-/m0/s1. The van der Waals surface area contributed by atoms with Crippen LogP contribution in [0.1, 0.15) is 40.1 Å². The van der Waals surface area contributed by atoms with Crippen molar-refractivity contribution < 1.29 is 23.9 Å². The van der Waals surface area contributed by atoms with E-state index in [9.17, 15) is 19.2 Å². The first-order chi connectivity index (χ1) is 14.3. The van der Waals surface area contributed by atoms with E-state index >= 15 is 0 Å². The highest BCUT2D eigenvalue weighted by Crippen LogP contribution is 2.32. The van der Waals surface area contributed by atoms with Crippen LogP contribution in [0.3, 0.4) is 0 Å². The number of fused-ring (bicyclic) bond motifs is 2. The zero-order chi connectivity index (χ0) is 21.4. The van der Waals surface area contributed by atoms with Crippen LogP contribution in [0.2, 0.25) is 0 Å². The van der Waals surface area contributed by atoms with E-state index in [1.165, 1.54) is 25.6 Å². The Kier molecular flexibility index (Phi) is 5.34. The van der Waals surface area contributed by atoms with Crippen molar-refractivity contribution in [1.29, 1.82) is 0 Å². The summed E-state index contributed by atoms with van der Waals surface area (Å²) in [7, 11) is 0. The highest BCUT2D eigenvalue weighted by atomic mass is 32.2. The molecule has 0 saturated heterocycles. The van der Waals surface area contributed by atoms with Gasteiger partial charge in [-0.05, 0) is 55.3 Å². The number of hydrogen-bond acceptors (Lipinski definition) is 6. The lowest BCUT2D eigenvalue weighted by atomic mass is 10.0. The Labute approximate surface area is 177 Å². The lowest BCUT2D eigenvalue weighted by Gasteiger charge is -2.18. The molecule has 2 amide bonds. The molecule has 1 N–H and O–H groups in total. The maximum atomic E-state index is 12.8. The third kappa shape index (κ3) is 3.82. The van der Waals surface area contributed by atoms with Gasteiger partial charge in [0.05, 0.1) is 17.0 Å². The highest BCUT2D eigenvalue weighted by molar-refractivity contribution is 8.00. The number of carbonyl (C=O) groups is 4. The van der Waals surface area contributed by atoms with Crippen molar-refractivity contribution in [2.24, 2.45) is 0 Å². The monoisotopic (exact) mass is 424 g/mol. The summed E-state index contributed by atoms with van der Waals surface area (Å²) in [6, 6.07) is 10.1. The van der Waals surface area contributed by atoms with Gasteiger partial charge in [-0.25, -0.2) is 4.79 Å². The molecule has 30 heavy (non-hydrogen) atoms. The quantitative estimate of drug-likeness (QED) is 0.599. The number of carbonyl (C=O) groups excluding carboxylic acids is 4. The predicted molar refractivity (Wildman–Crippen MR) is 113 cm³/mol. The Balaban J connectivity index is 1.46. The van der Waals surface area contributed by atoms with Crippen LogP contribution in [0.5, 0.6) is 0 Å². The van der Waals surface area contributed by atoms with Gasteiger partial charge in [-0.1, -0.05) is 0 Å². The number of nitrogens with one attached hydrogen (secondary N) is 1. The van der Waals surface area contributed by atoms with Crippen molar-refractivity contribution in [2.75, 3.05) is 22.5 Å². The molecule has 154 valence electrons. The number of thioether (sulfide) groups is 1. The fourth-order valence-electron chi connectivity index (χ4n) is 3.61. The van der Waals surface area contributed by atoms with Gasteiger partial charge in [0, 0.05) is 29.6 Å². The molecule has 0 spiro atoms. The van der Waals surface area contributed by atoms with Crippen LogP contribution in [0.15, 0.2) is 41.3 Å². The minimum atomic E-state index is -0.971. The van der Waals surface area contributed by atoms with Crippen LogP contribution in [0.25, 0.3) is 0 Å².